The summed E-state index contributed by atoms with van der Waals surface area (Å²) in [6.45, 7) is 1.87. The Morgan fingerprint density at radius 3 is 2.59 bits per heavy atom. The molecule has 2 aromatic rings. The SMILES string of the molecule is C[C@@H]1CCC[C@H](C(=O)O)N1C(=O)c1nc(C2CC2)n(-c2ccccc2Cl)n1. The van der Waals surface area contributed by atoms with Gasteiger partial charge in [-0.3, -0.25) is 4.79 Å². The van der Waals surface area contributed by atoms with Crippen molar-refractivity contribution in [3.63, 3.8) is 0 Å². The summed E-state index contributed by atoms with van der Waals surface area (Å²) in [6, 6.07) is 6.29. The van der Waals surface area contributed by atoms with Crippen LogP contribution in [0.1, 0.15) is 61.4 Å². The largest absolute Gasteiger partial charge is 0.480 e. The lowest BCUT2D eigenvalue weighted by atomic mass is 9.96. The number of carboxylic acid groups (broad SMARTS) is 1. The number of piperidine rings is 1. The van der Waals surface area contributed by atoms with Gasteiger partial charge in [0.25, 0.3) is 5.91 Å². The van der Waals surface area contributed by atoms with E-state index in [4.69, 9.17) is 11.6 Å². The smallest absolute Gasteiger partial charge is 0.326 e. The van der Waals surface area contributed by atoms with Crippen LogP contribution in [-0.4, -0.2) is 48.7 Å². The number of likely N-dealkylation sites (tertiary alicyclic amines) is 1. The third-order valence-electron chi connectivity index (χ3n) is 5.28. The number of hydrogen-bond acceptors (Lipinski definition) is 4. The average Bonchev–Trinajstić information content (AvgIpc) is 3.40. The number of benzene rings is 1. The molecule has 1 amide bonds. The highest BCUT2D eigenvalue weighted by atomic mass is 35.5. The lowest BCUT2D eigenvalue weighted by molar-refractivity contribution is -0.144. The van der Waals surface area contributed by atoms with Crippen LogP contribution >= 0.6 is 11.6 Å². The van der Waals surface area contributed by atoms with Gasteiger partial charge in [0.2, 0.25) is 5.82 Å². The number of aliphatic carboxylic acids is 1. The molecule has 1 aliphatic carbocycles. The Kier molecular flexibility index (Phi) is 4.63. The van der Waals surface area contributed by atoms with Crippen LogP contribution in [0.25, 0.3) is 5.69 Å². The number of carbonyl (C=O) groups excluding carboxylic acids is 1. The second kappa shape index (κ2) is 6.96. The van der Waals surface area contributed by atoms with Crippen molar-refractivity contribution in [3.8, 4) is 5.69 Å². The Labute approximate surface area is 161 Å². The molecule has 1 N–H and O–H groups in total. The van der Waals surface area contributed by atoms with E-state index < -0.39 is 17.9 Å². The van der Waals surface area contributed by atoms with E-state index in [-0.39, 0.29) is 17.8 Å². The lowest BCUT2D eigenvalue weighted by Gasteiger charge is -2.37. The number of halogens is 1. The highest BCUT2D eigenvalue weighted by molar-refractivity contribution is 6.32. The number of aromatic nitrogens is 3. The summed E-state index contributed by atoms with van der Waals surface area (Å²) in [5, 5.41) is 14.5. The lowest BCUT2D eigenvalue weighted by Crippen LogP contribution is -2.52. The van der Waals surface area contributed by atoms with E-state index in [0.29, 0.717) is 23.0 Å². The molecule has 1 saturated heterocycles. The fourth-order valence-electron chi connectivity index (χ4n) is 3.71. The standard InChI is InChI=1S/C19H21ClN4O3/c1-11-5-4-8-15(19(26)27)23(11)18(25)16-21-17(12-9-10-12)24(22-16)14-7-3-2-6-13(14)20/h2-3,6-7,11-12,15H,4-5,8-10H2,1H3,(H,26,27)/t11-,15-/m1/s1. The number of rotatable bonds is 4. The monoisotopic (exact) mass is 388 g/mol. The molecule has 0 unspecified atom stereocenters. The van der Waals surface area contributed by atoms with Crippen molar-refractivity contribution >= 4 is 23.5 Å². The minimum atomic E-state index is -0.983. The van der Waals surface area contributed by atoms with Crippen LogP contribution < -0.4 is 0 Å². The van der Waals surface area contributed by atoms with Crippen molar-refractivity contribution in [3.05, 3.63) is 40.9 Å². The molecule has 2 aliphatic rings. The van der Waals surface area contributed by atoms with E-state index >= 15 is 0 Å². The van der Waals surface area contributed by atoms with Crippen molar-refractivity contribution in [2.75, 3.05) is 0 Å². The summed E-state index contributed by atoms with van der Waals surface area (Å²) in [5.41, 5.74) is 0.675. The van der Waals surface area contributed by atoms with E-state index in [1.54, 1.807) is 10.7 Å². The summed E-state index contributed by atoms with van der Waals surface area (Å²) >= 11 is 6.32. The van der Waals surface area contributed by atoms with Crippen LogP contribution in [0.5, 0.6) is 0 Å². The van der Waals surface area contributed by atoms with Crippen LogP contribution in [0.3, 0.4) is 0 Å². The van der Waals surface area contributed by atoms with E-state index in [2.05, 4.69) is 10.1 Å². The molecule has 27 heavy (non-hydrogen) atoms. The number of carboxylic acids is 1. The minimum absolute atomic E-state index is 0.0387. The highest BCUT2D eigenvalue weighted by Crippen LogP contribution is 2.40. The summed E-state index contributed by atoms with van der Waals surface area (Å²) in [5.74, 6) is -0.408. The molecule has 2 heterocycles. The zero-order valence-electron chi connectivity index (χ0n) is 15.0. The fourth-order valence-corrected chi connectivity index (χ4v) is 3.93. The van der Waals surface area contributed by atoms with Gasteiger partial charge in [0, 0.05) is 12.0 Å². The van der Waals surface area contributed by atoms with Gasteiger partial charge in [0.05, 0.1) is 10.7 Å². The van der Waals surface area contributed by atoms with Gasteiger partial charge in [-0.15, -0.1) is 5.10 Å². The summed E-state index contributed by atoms with van der Waals surface area (Å²) in [6.07, 6.45) is 4.00. The molecule has 0 radical (unpaired) electrons. The number of amides is 1. The summed E-state index contributed by atoms with van der Waals surface area (Å²) < 4.78 is 1.64. The second-order valence-corrected chi connectivity index (χ2v) is 7.68. The Morgan fingerprint density at radius 2 is 1.93 bits per heavy atom. The van der Waals surface area contributed by atoms with Crippen LogP contribution in [-0.2, 0) is 4.79 Å². The normalized spacial score (nSPS) is 22.7. The number of hydrogen-bond donors (Lipinski definition) is 1. The van der Waals surface area contributed by atoms with Gasteiger partial charge >= 0.3 is 5.97 Å². The topological polar surface area (TPSA) is 88.3 Å². The third kappa shape index (κ3) is 3.32. The van der Waals surface area contributed by atoms with Gasteiger partial charge in [-0.1, -0.05) is 23.7 Å². The Balaban J connectivity index is 1.74. The minimum Gasteiger partial charge on any atom is -0.480 e. The zero-order chi connectivity index (χ0) is 19.1. The van der Waals surface area contributed by atoms with Gasteiger partial charge in [-0.2, -0.15) is 0 Å². The van der Waals surface area contributed by atoms with Gasteiger partial charge in [-0.05, 0) is 51.2 Å². The van der Waals surface area contributed by atoms with Crippen LogP contribution in [0.2, 0.25) is 5.02 Å². The first-order valence-corrected chi connectivity index (χ1v) is 9.62. The predicted octanol–water partition coefficient (Wildman–Crippen LogP) is 3.27. The third-order valence-corrected chi connectivity index (χ3v) is 5.60. The maximum Gasteiger partial charge on any atom is 0.326 e. The first-order chi connectivity index (χ1) is 13.0. The van der Waals surface area contributed by atoms with Gasteiger partial charge < -0.3 is 10.0 Å². The van der Waals surface area contributed by atoms with E-state index in [0.717, 1.165) is 25.7 Å². The maximum absolute atomic E-state index is 13.1. The Morgan fingerprint density at radius 1 is 1.19 bits per heavy atom. The number of nitrogens with zero attached hydrogens (tertiary/aromatic N) is 4. The molecule has 7 nitrogen and oxygen atoms in total. The van der Waals surface area contributed by atoms with E-state index in [9.17, 15) is 14.7 Å². The van der Waals surface area contributed by atoms with Crippen molar-refractivity contribution in [1.82, 2.24) is 19.7 Å². The molecule has 0 bridgehead atoms. The zero-order valence-corrected chi connectivity index (χ0v) is 15.8. The molecule has 1 aromatic carbocycles. The first-order valence-electron chi connectivity index (χ1n) is 9.24. The molecule has 2 atom stereocenters. The molecule has 1 saturated carbocycles. The molecule has 1 aromatic heterocycles. The average molecular weight is 389 g/mol. The van der Waals surface area contributed by atoms with Crippen LogP contribution in [0, 0.1) is 0 Å². The van der Waals surface area contributed by atoms with Crippen molar-refractivity contribution in [2.24, 2.45) is 0 Å². The highest BCUT2D eigenvalue weighted by Gasteiger charge is 2.39. The second-order valence-electron chi connectivity index (χ2n) is 7.28. The van der Waals surface area contributed by atoms with Crippen molar-refractivity contribution in [1.29, 1.82) is 0 Å². The molecule has 2 fully saturated rings. The first kappa shape index (κ1) is 18.0. The van der Waals surface area contributed by atoms with E-state index in [1.807, 2.05) is 25.1 Å². The van der Waals surface area contributed by atoms with E-state index in [1.165, 1.54) is 4.90 Å². The molecule has 8 heteroatoms. The van der Waals surface area contributed by atoms with Gasteiger partial charge in [0.15, 0.2) is 0 Å². The molecule has 1 aliphatic heterocycles. The van der Waals surface area contributed by atoms with Crippen molar-refractivity contribution < 1.29 is 14.7 Å². The van der Waals surface area contributed by atoms with Crippen molar-refractivity contribution in [2.45, 2.75) is 57.0 Å². The summed E-state index contributed by atoms with van der Waals surface area (Å²) in [7, 11) is 0. The number of para-hydroxylation sites is 1. The molecule has 4 rings (SSSR count). The molecular formula is C19H21ClN4O3. The number of carbonyl (C=O) groups is 2. The predicted molar refractivity (Wildman–Crippen MR) is 99.3 cm³/mol. The Bertz CT molecular complexity index is 893. The van der Waals surface area contributed by atoms with Crippen LogP contribution in [0.4, 0.5) is 0 Å². The molecule has 0 spiro atoms. The Hall–Kier alpha value is -2.41. The maximum atomic E-state index is 13.1. The molecular weight excluding hydrogens is 368 g/mol. The molecule has 142 valence electrons. The van der Waals surface area contributed by atoms with Gasteiger partial charge in [-0.25, -0.2) is 14.5 Å². The quantitative estimate of drug-likeness (QED) is 0.868. The van der Waals surface area contributed by atoms with Crippen LogP contribution in [0.15, 0.2) is 24.3 Å². The summed E-state index contributed by atoms with van der Waals surface area (Å²) in [4.78, 5) is 30.7. The van der Waals surface area contributed by atoms with Gasteiger partial charge in [0.1, 0.15) is 11.9 Å². The fraction of sp³-hybridized carbons (Fsp3) is 0.474.